The summed E-state index contributed by atoms with van der Waals surface area (Å²) >= 11 is 0. The zero-order chi connectivity index (χ0) is 19.6. The largest absolute Gasteiger partial charge is 0.488 e. The van der Waals surface area contributed by atoms with Crippen molar-refractivity contribution in [2.24, 2.45) is 0 Å². The second-order valence-electron chi connectivity index (χ2n) is 7.33. The van der Waals surface area contributed by atoms with Gasteiger partial charge in [-0.1, -0.05) is 13.8 Å². The molecule has 1 saturated carbocycles. The monoisotopic (exact) mass is 380 g/mol. The molecule has 6 nitrogen and oxygen atoms in total. The van der Waals surface area contributed by atoms with Gasteiger partial charge >= 0.3 is 0 Å². The van der Waals surface area contributed by atoms with Gasteiger partial charge in [-0.05, 0) is 50.1 Å². The van der Waals surface area contributed by atoms with Crippen molar-refractivity contribution in [1.29, 1.82) is 0 Å². The van der Waals surface area contributed by atoms with Crippen LogP contribution in [-0.4, -0.2) is 47.1 Å². The van der Waals surface area contributed by atoms with E-state index in [2.05, 4.69) is 39.1 Å². The molecule has 2 aliphatic rings. The summed E-state index contributed by atoms with van der Waals surface area (Å²) in [5.74, 6) is 1.88. The van der Waals surface area contributed by atoms with Crippen molar-refractivity contribution in [3.63, 3.8) is 0 Å². The first-order valence-electron chi connectivity index (χ1n) is 10.2. The number of nitrogens with zero attached hydrogens (tertiary/aromatic N) is 3. The molecule has 0 spiro atoms. The van der Waals surface area contributed by atoms with Gasteiger partial charge in [-0.2, -0.15) is 5.10 Å². The summed E-state index contributed by atoms with van der Waals surface area (Å²) in [6, 6.07) is 10.3. The second kappa shape index (κ2) is 7.80. The molecular formula is C22H28N4O2. The Morgan fingerprint density at radius 1 is 1.11 bits per heavy atom. The van der Waals surface area contributed by atoms with Crippen LogP contribution in [0.25, 0.3) is 22.2 Å². The minimum absolute atomic E-state index is 0.0117. The maximum Gasteiger partial charge on any atom is 0.129 e. The van der Waals surface area contributed by atoms with E-state index in [1.54, 1.807) is 0 Å². The van der Waals surface area contributed by atoms with Gasteiger partial charge in [0, 0.05) is 30.2 Å². The number of anilines is 1. The Kier molecular flexibility index (Phi) is 5.22. The minimum atomic E-state index is 0.0117. The van der Waals surface area contributed by atoms with Gasteiger partial charge in [-0.15, -0.1) is 0 Å². The lowest BCUT2D eigenvalue weighted by atomic mass is 10.1. The van der Waals surface area contributed by atoms with Gasteiger partial charge < -0.3 is 14.4 Å². The second-order valence-corrected chi connectivity index (χ2v) is 7.33. The lowest BCUT2D eigenvalue weighted by molar-refractivity contribution is 0.122. The van der Waals surface area contributed by atoms with Crippen LogP contribution in [0.2, 0.25) is 0 Å². The summed E-state index contributed by atoms with van der Waals surface area (Å²) < 4.78 is 11.6. The summed E-state index contributed by atoms with van der Waals surface area (Å²) in [6.07, 6.45) is 4.10. The molecule has 0 amide bonds. The fourth-order valence-corrected chi connectivity index (χ4v) is 3.37. The van der Waals surface area contributed by atoms with E-state index in [0.717, 1.165) is 72.9 Å². The van der Waals surface area contributed by atoms with E-state index in [9.17, 15) is 0 Å². The molecule has 0 radical (unpaired) electrons. The number of hydrogen-bond donors (Lipinski definition) is 1. The SMILES string of the molecule is CC.CC1(Oc2ccc3[nH]nc(-c4ccnc(N5CCOCC5)c4)c3c2)CC1. The number of nitrogens with one attached hydrogen (secondary N) is 1. The van der Waals surface area contributed by atoms with Crippen LogP contribution in [0.1, 0.15) is 33.6 Å². The zero-order valence-corrected chi connectivity index (χ0v) is 16.9. The summed E-state index contributed by atoms with van der Waals surface area (Å²) in [6.45, 7) is 9.39. The van der Waals surface area contributed by atoms with Gasteiger partial charge in [0.2, 0.25) is 0 Å². The van der Waals surface area contributed by atoms with E-state index in [1.165, 1.54) is 0 Å². The highest BCUT2D eigenvalue weighted by molar-refractivity contribution is 5.94. The highest BCUT2D eigenvalue weighted by Gasteiger charge is 2.40. The lowest BCUT2D eigenvalue weighted by Gasteiger charge is -2.27. The van der Waals surface area contributed by atoms with Crippen molar-refractivity contribution < 1.29 is 9.47 Å². The van der Waals surface area contributed by atoms with Crippen molar-refractivity contribution in [3.8, 4) is 17.0 Å². The lowest BCUT2D eigenvalue weighted by Crippen LogP contribution is -2.36. The van der Waals surface area contributed by atoms with E-state index in [1.807, 2.05) is 38.2 Å². The fourth-order valence-electron chi connectivity index (χ4n) is 3.37. The summed E-state index contributed by atoms with van der Waals surface area (Å²) in [5.41, 5.74) is 3.02. The highest BCUT2D eigenvalue weighted by Crippen LogP contribution is 2.40. The number of ether oxygens (including phenoxy) is 2. The molecule has 0 atom stereocenters. The molecule has 5 rings (SSSR count). The summed E-state index contributed by atoms with van der Waals surface area (Å²) in [4.78, 5) is 6.79. The Bertz CT molecular complexity index is 943. The highest BCUT2D eigenvalue weighted by atomic mass is 16.5. The molecule has 148 valence electrons. The first kappa shape index (κ1) is 18.7. The van der Waals surface area contributed by atoms with Crippen LogP contribution in [0.15, 0.2) is 36.5 Å². The number of H-pyrrole nitrogens is 1. The maximum absolute atomic E-state index is 6.12. The van der Waals surface area contributed by atoms with E-state index in [-0.39, 0.29) is 5.60 Å². The molecule has 1 aliphatic heterocycles. The molecule has 1 saturated heterocycles. The van der Waals surface area contributed by atoms with Gasteiger partial charge in [-0.3, -0.25) is 5.10 Å². The predicted octanol–water partition coefficient (Wildman–Crippen LogP) is 4.42. The van der Waals surface area contributed by atoms with Crippen molar-refractivity contribution in [3.05, 3.63) is 36.5 Å². The summed E-state index contributed by atoms with van der Waals surface area (Å²) in [7, 11) is 0. The molecule has 2 aromatic heterocycles. The Hall–Kier alpha value is -2.60. The van der Waals surface area contributed by atoms with Crippen molar-refractivity contribution in [2.75, 3.05) is 31.2 Å². The van der Waals surface area contributed by atoms with E-state index in [4.69, 9.17) is 9.47 Å². The fraction of sp³-hybridized carbons (Fsp3) is 0.455. The van der Waals surface area contributed by atoms with Crippen LogP contribution in [0, 0.1) is 0 Å². The number of rotatable bonds is 4. The number of aromatic amines is 1. The molecule has 1 aliphatic carbocycles. The first-order valence-corrected chi connectivity index (χ1v) is 10.2. The Morgan fingerprint density at radius 2 is 1.89 bits per heavy atom. The van der Waals surface area contributed by atoms with Crippen LogP contribution in [0.3, 0.4) is 0 Å². The average Bonchev–Trinajstić information content (AvgIpc) is 3.33. The van der Waals surface area contributed by atoms with Crippen molar-refractivity contribution in [1.82, 2.24) is 15.2 Å². The molecule has 3 heterocycles. The number of pyridine rings is 1. The standard InChI is InChI=1S/C20H22N4O2.C2H6/c1-20(5-6-20)26-15-2-3-17-16(13-15)19(23-22-17)14-4-7-21-18(12-14)24-8-10-25-11-9-24;1-2/h2-4,7,12-13H,5-6,8-11H2,1H3,(H,22,23);1-2H3. The number of hydrogen-bond acceptors (Lipinski definition) is 5. The molecule has 28 heavy (non-hydrogen) atoms. The first-order chi connectivity index (χ1) is 13.7. The van der Waals surface area contributed by atoms with Crippen molar-refractivity contribution >= 4 is 16.7 Å². The van der Waals surface area contributed by atoms with Gasteiger partial charge in [-0.25, -0.2) is 4.98 Å². The Morgan fingerprint density at radius 3 is 2.64 bits per heavy atom. The van der Waals surface area contributed by atoms with Gasteiger partial charge in [0.15, 0.2) is 0 Å². The van der Waals surface area contributed by atoms with Crippen LogP contribution < -0.4 is 9.64 Å². The van der Waals surface area contributed by atoms with Gasteiger partial charge in [0.25, 0.3) is 0 Å². The number of fused-ring (bicyclic) bond motifs is 1. The third-order valence-corrected chi connectivity index (χ3v) is 5.21. The maximum atomic E-state index is 6.12. The Labute approximate surface area is 165 Å². The molecule has 6 heteroatoms. The molecule has 0 bridgehead atoms. The van der Waals surface area contributed by atoms with Crippen LogP contribution in [-0.2, 0) is 4.74 Å². The average molecular weight is 380 g/mol. The predicted molar refractivity (Wildman–Crippen MR) is 112 cm³/mol. The van der Waals surface area contributed by atoms with Gasteiger partial charge in [0.05, 0.1) is 18.7 Å². The van der Waals surface area contributed by atoms with Crippen LogP contribution in [0.4, 0.5) is 5.82 Å². The van der Waals surface area contributed by atoms with Crippen LogP contribution in [0.5, 0.6) is 5.75 Å². The van der Waals surface area contributed by atoms with Crippen molar-refractivity contribution in [2.45, 2.75) is 39.2 Å². The normalized spacial score (nSPS) is 17.8. The van der Waals surface area contributed by atoms with Crippen LogP contribution >= 0.6 is 0 Å². The van der Waals surface area contributed by atoms with E-state index >= 15 is 0 Å². The minimum Gasteiger partial charge on any atom is -0.488 e. The third-order valence-electron chi connectivity index (χ3n) is 5.21. The number of morpholine rings is 1. The molecular weight excluding hydrogens is 352 g/mol. The molecule has 2 fully saturated rings. The number of benzene rings is 1. The molecule has 1 N–H and O–H groups in total. The molecule has 0 unspecified atom stereocenters. The molecule has 1 aromatic carbocycles. The molecule has 3 aromatic rings. The third kappa shape index (κ3) is 3.83. The summed E-state index contributed by atoms with van der Waals surface area (Å²) in [5, 5.41) is 8.76. The van der Waals surface area contributed by atoms with E-state index in [0.29, 0.717) is 0 Å². The van der Waals surface area contributed by atoms with Gasteiger partial charge in [0.1, 0.15) is 22.9 Å². The smallest absolute Gasteiger partial charge is 0.129 e. The van der Waals surface area contributed by atoms with E-state index < -0.39 is 0 Å². The topological polar surface area (TPSA) is 63.3 Å². The Balaban J connectivity index is 0.000000932. The quantitative estimate of drug-likeness (QED) is 0.726. The zero-order valence-electron chi connectivity index (χ0n) is 16.9. The number of aromatic nitrogens is 3.